The molecule has 4 N–H and O–H groups in total. The number of allylic oxidation sites excluding steroid dienone is 1. The van der Waals surface area contributed by atoms with Crippen molar-refractivity contribution < 1.29 is 24.6 Å². The summed E-state index contributed by atoms with van der Waals surface area (Å²) in [6, 6.07) is -1.79. The second-order valence-corrected chi connectivity index (χ2v) is 4.39. The number of urea groups is 1. The highest BCUT2D eigenvalue weighted by molar-refractivity contribution is 5.83. The molecule has 7 heteroatoms. The summed E-state index contributed by atoms with van der Waals surface area (Å²) in [6.07, 6.45) is 4.75. The molecule has 0 radical (unpaired) electrons. The Morgan fingerprint density at radius 1 is 1.26 bits per heavy atom. The molecule has 0 saturated heterocycles. The number of carboxylic acid groups (broad SMARTS) is 2. The third kappa shape index (κ3) is 5.89. The van der Waals surface area contributed by atoms with Crippen molar-refractivity contribution in [3.8, 4) is 0 Å². The Morgan fingerprint density at radius 2 is 1.95 bits per heavy atom. The van der Waals surface area contributed by atoms with E-state index in [1.807, 2.05) is 6.08 Å². The fourth-order valence-electron chi connectivity index (χ4n) is 1.61. The Balaban J connectivity index is 2.29. The van der Waals surface area contributed by atoms with E-state index >= 15 is 0 Å². The Kier molecular flexibility index (Phi) is 5.84. The molecule has 1 saturated carbocycles. The van der Waals surface area contributed by atoms with Crippen molar-refractivity contribution in [2.24, 2.45) is 0 Å². The number of rotatable bonds is 7. The van der Waals surface area contributed by atoms with Gasteiger partial charge in [0.25, 0.3) is 0 Å². The standard InChI is InChI=1S/C12H18N2O5/c15-10(16)5-4-9(11(17)18)14-12(19)13-7-6-8-2-1-3-8/h6,9H,1-5,7H2,(H,15,16)(H,17,18)(H2,13,14,19). The quantitative estimate of drug-likeness (QED) is 0.508. The predicted octanol–water partition coefficient (Wildman–Crippen LogP) is 0.714. The number of nitrogens with one attached hydrogen (secondary N) is 2. The van der Waals surface area contributed by atoms with Gasteiger partial charge in [-0.1, -0.05) is 11.6 Å². The number of hydrogen-bond donors (Lipinski definition) is 4. The largest absolute Gasteiger partial charge is 0.481 e. The molecule has 1 rings (SSSR count). The van der Waals surface area contributed by atoms with Crippen LogP contribution in [0.4, 0.5) is 4.79 Å². The van der Waals surface area contributed by atoms with Gasteiger partial charge in [-0.05, 0) is 25.7 Å². The lowest BCUT2D eigenvalue weighted by Gasteiger charge is -2.17. The van der Waals surface area contributed by atoms with Crippen molar-refractivity contribution in [3.63, 3.8) is 0 Å². The minimum atomic E-state index is -1.24. The molecule has 1 unspecified atom stereocenters. The maximum atomic E-state index is 11.4. The van der Waals surface area contributed by atoms with E-state index in [-0.39, 0.29) is 12.8 Å². The van der Waals surface area contributed by atoms with Crippen molar-refractivity contribution in [2.45, 2.75) is 38.1 Å². The number of carboxylic acids is 2. The van der Waals surface area contributed by atoms with Crippen LogP contribution in [0.3, 0.4) is 0 Å². The van der Waals surface area contributed by atoms with Crippen molar-refractivity contribution in [1.29, 1.82) is 0 Å². The molecule has 0 bridgehead atoms. The van der Waals surface area contributed by atoms with Gasteiger partial charge in [-0.25, -0.2) is 9.59 Å². The highest BCUT2D eigenvalue weighted by Gasteiger charge is 2.20. The normalized spacial score (nSPS) is 15.1. The van der Waals surface area contributed by atoms with Crippen molar-refractivity contribution in [2.75, 3.05) is 6.54 Å². The zero-order valence-electron chi connectivity index (χ0n) is 10.5. The zero-order valence-corrected chi connectivity index (χ0v) is 10.5. The Hall–Kier alpha value is -2.05. The lowest BCUT2D eigenvalue weighted by Crippen LogP contribution is -2.46. The molecule has 0 aromatic carbocycles. The van der Waals surface area contributed by atoms with Crippen molar-refractivity contribution >= 4 is 18.0 Å². The fourth-order valence-corrected chi connectivity index (χ4v) is 1.61. The van der Waals surface area contributed by atoms with Gasteiger partial charge in [-0.15, -0.1) is 0 Å². The molecule has 1 fully saturated rings. The molecule has 0 aromatic heterocycles. The average molecular weight is 270 g/mol. The van der Waals surface area contributed by atoms with E-state index in [1.54, 1.807) is 0 Å². The monoisotopic (exact) mass is 270 g/mol. The molecule has 1 aliphatic rings. The molecule has 0 spiro atoms. The Morgan fingerprint density at radius 3 is 2.42 bits per heavy atom. The fraction of sp³-hybridized carbons (Fsp3) is 0.583. The number of amides is 2. The smallest absolute Gasteiger partial charge is 0.326 e. The van der Waals surface area contributed by atoms with Crippen LogP contribution in [-0.2, 0) is 9.59 Å². The third-order valence-electron chi connectivity index (χ3n) is 2.90. The predicted molar refractivity (Wildman–Crippen MR) is 66.8 cm³/mol. The van der Waals surface area contributed by atoms with E-state index < -0.39 is 24.0 Å². The summed E-state index contributed by atoms with van der Waals surface area (Å²) in [7, 11) is 0. The highest BCUT2D eigenvalue weighted by Crippen LogP contribution is 2.24. The van der Waals surface area contributed by atoms with Crippen LogP contribution in [0.1, 0.15) is 32.1 Å². The van der Waals surface area contributed by atoms with Gasteiger partial charge < -0.3 is 20.8 Å². The van der Waals surface area contributed by atoms with Crippen LogP contribution in [0.2, 0.25) is 0 Å². The maximum Gasteiger partial charge on any atom is 0.326 e. The summed E-state index contributed by atoms with van der Waals surface area (Å²) in [4.78, 5) is 32.6. The van der Waals surface area contributed by atoms with E-state index in [4.69, 9.17) is 10.2 Å². The van der Waals surface area contributed by atoms with E-state index in [9.17, 15) is 14.4 Å². The molecule has 1 aliphatic carbocycles. The first-order valence-electron chi connectivity index (χ1n) is 6.16. The minimum absolute atomic E-state index is 0.140. The first-order chi connectivity index (χ1) is 8.99. The summed E-state index contributed by atoms with van der Waals surface area (Å²) in [5, 5.41) is 22.1. The Bertz CT molecular complexity index is 386. The van der Waals surface area contributed by atoms with Crippen molar-refractivity contribution in [1.82, 2.24) is 10.6 Å². The lowest BCUT2D eigenvalue weighted by atomic mass is 9.92. The second kappa shape index (κ2) is 7.40. The highest BCUT2D eigenvalue weighted by atomic mass is 16.4. The van der Waals surface area contributed by atoms with Gasteiger partial charge in [0.2, 0.25) is 0 Å². The molecular weight excluding hydrogens is 252 g/mol. The molecule has 0 heterocycles. The summed E-state index contributed by atoms with van der Waals surface area (Å²) >= 11 is 0. The SMILES string of the molecule is O=C(O)CCC(NC(=O)NCC=C1CCC1)C(=O)O. The van der Waals surface area contributed by atoms with Crippen LogP contribution in [0, 0.1) is 0 Å². The van der Waals surface area contributed by atoms with Crippen LogP contribution in [-0.4, -0.2) is 40.8 Å². The average Bonchev–Trinajstić information content (AvgIpc) is 2.27. The lowest BCUT2D eigenvalue weighted by molar-refractivity contribution is -0.140. The zero-order chi connectivity index (χ0) is 14.3. The van der Waals surface area contributed by atoms with E-state index in [0.29, 0.717) is 6.54 Å². The van der Waals surface area contributed by atoms with Crippen LogP contribution >= 0.6 is 0 Å². The van der Waals surface area contributed by atoms with Crippen LogP contribution in [0.25, 0.3) is 0 Å². The molecular formula is C12H18N2O5. The van der Waals surface area contributed by atoms with Gasteiger partial charge in [0.1, 0.15) is 6.04 Å². The first-order valence-corrected chi connectivity index (χ1v) is 6.16. The first kappa shape index (κ1) is 15.0. The molecule has 106 valence electrons. The second-order valence-electron chi connectivity index (χ2n) is 4.39. The van der Waals surface area contributed by atoms with E-state index in [0.717, 1.165) is 12.8 Å². The topological polar surface area (TPSA) is 116 Å². The number of carbonyl (C=O) groups excluding carboxylic acids is 1. The van der Waals surface area contributed by atoms with Gasteiger partial charge in [-0.2, -0.15) is 0 Å². The molecule has 19 heavy (non-hydrogen) atoms. The van der Waals surface area contributed by atoms with E-state index in [2.05, 4.69) is 10.6 Å². The van der Waals surface area contributed by atoms with Crippen LogP contribution < -0.4 is 10.6 Å². The summed E-state index contributed by atoms with van der Waals surface area (Å²) in [6.45, 7) is 0.354. The molecule has 0 aromatic rings. The number of hydrogen-bond acceptors (Lipinski definition) is 3. The van der Waals surface area contributed by atoms with Gasteiger partial charge in [0.05, 0.1) is 0 Å². The number of carbonyl (C=O) groups is 3. The maximum absolute atomic E-state index is 11.4. The van der Waals surface area contributed by atoms with E-state index in [1.165, 1.54) is 12.0 Å². The molecule has 7 nitrogen and oxygen atoms in total. The molecule has 2 amide bonds. The summed E-state index contributed by atoms with van der Waals surface area (Å²) in [5.41, 5.74) is 1.29. The third-order valence-corrected chi connectivity index (χ3v) is 2.90. The summed E-state index contributed by atoms with van der Waals surface area (Å²) in [5.74, 6) is -2.34. The van der Waals surface area contributed by atoms with Crippen LogP contribution in [0.15, 0.2) is 11.6 Å². The summed E-state index contributed by atoms with van der Waals surface area (Å²) < 4.78 is 0. The van der Waals surface area contributed by atoms with Gasteiger partial charge >= 0.3 is 18.0 Å². The van der Waals surface area contributed by atoms with Gasteiger partial charge in [-0.3, -0.25) is 4.79 Å². The van der Waals surface area contributed by atoms with Gasteiger partial charge in [0.15, 0.2) is 0 Å². The molecule has 0 aliphatic heterocycles. The van der Waals surface area contributed by atoms with Crippen LogP contribution in [0.5, 0.6) is 0 Å². The number of aliphatic carboxylic acids is 2. The van der Waals surface area contributed by atoms with Gasteiger partial charge in [0, 0.05) is 13.0 Å². The minimum Gasteiger partial charge on any atom is -0.481 e. The molecule has 1 atom stereocenters. The Labute approximate surface area is 110 Å². The van der Waals surface area contributed by atoms with Crippen molar-refractivity contribution in [3.05, 3.63) is 11.6 Å².